The van der Waals surface area contributed by atoms with Gasteiger partial charge in [0.15, 0.2) is 0 Å². The van der Waals surface area contributed by atoms with Crippen molar-refractivity contribution >= 4 is 32.4 Å². The largest absolute Gasteiger partial charge is 0.345 e. The lowest BCUT2D eigenvalue weighted by atomic mass is 10.1. The summed E-state index contributed by atoms with van der Waals surface area (Å²) in [4.78, 5) is 14.8. The zero-order valence-corrected chi connectivity index (χ0v) is 17.4. The third kappa shape index (κ3) is 3.43. The van der Waals surface area contributed by atoms with Crippen molar-refractivity contribution in [1.29, 1.82) is 0 Å². The minimum Gasteiger partial charge on any atom is -0.345 e. The first-order chi connectivity index (χ1) is 13.3. The molecule has 0 aliphatic carbocycles. The van der Waals surface area contributed by atoms with Gasteiger partial charge in [-0.15, -0.1) is 0 Å². The van der Waals surface area contributed by atoms with Crippen LogP contribution in [-0.4, -0.2) is 43.3 Å². The molecule has 6 nitrogen and oxygen atoms in total. The summed E-state index contributed by atoms with van der Waals surface area (Å²) in [6.45, 7) is 4.36. The highest BCUT2D eigenvalue weighted by Gasteiger charge is 2.27. The normalized spacial score (nSPS) is 11.9. The molecular weight excluding hydrogens is 374 g/mol. The van der Waals surface area contributed by atoms with Crippen LogP contribution >= 0.6 is 0 Å². The number of carbonyl (C=O) groups is 1. The molecule has 0 fully saturated rings. The fourth-order valence-corrected chi connectivity index (χ4v) is 4.91. The topological polar surface area (TPSA) is 62.6 Å². The molecule has 1 aromatic heterocycles. The lowest BCUT2D eigenvalue weighted by Crippen LogP contribution is -2.30. The van der Waals surface area contributed by atoms with Crippen LogP contribution in [0.25, 0.3) is 10.8 Å². The number of sulfonamides is 1. The van der Waals surface area contributed by atoms with Gasteiger partial charge in [-0.25, -0.2) is 8.42 Å². The molecule has 148 valence electrons. The molecule has 0 spiro atoms. The number of aromatic nitrogens is 1. The van der Waals surface area contributed by atoms with Crippen LogP contribution in [0.1, 0.15) is 24.3 Å². The Bertz CT molecular complexity index is 1110. The smallest absolute Gasteiger partial charge is 0.274 e. The fraction of sp³-hybridized carbons (Fsp3) is 0.286. The minimum absolute atomic E-state index is 0.133. The first-order valence-corrected chi connectivity index (χ1v) is 10.7. The summed E-state index contributed by atoms with van der Waals surface area (Å²) < 4.78 is 28.5. The van der Waals surface area contributed by atoms with Crippen LogP contribution in [0.5, 0.6) is 0 Å². The molecule has 0 unspecified atom stereocenters. The van der Waals surface area contributed by atoms with Crippen molar-refractivity contribution in [2.45, 2.75) is 18.7 Å². The molecule has 0 bridgehead atoms. The first kappa shape index (κ1) is 20.1. The van der Waals surface area contributed by atoms with E-state index in [-0.39, 0.29) is 10.8 Å². The number of carbonyl (C=O) groups excluding carboxylic acids is 1. The van der Waals surface area contributed by atoms with Crippen LogP contribution in [0.2, 0.25) is 0 Å². The highest BCUT2D eigenvalue weighted by Crippen LogP contribution is 2.27. The lowest BCUT2D eigenvalue weighted by molar-refractivity contribution is 0.0985. The molecule has 1 amide bonds. The molecule has 1 heterocycles. The van der Waals surface area contributed by atoms with Crippen molar-refractivity contribution in [3.05, 3.63) is 60.4 Å². The number of benzene rings is 2. The van der Waals surface area contributed by atoms with Gasteiger partial charge >= 0.3 is 0 Å². The van der Waals surface area contributed by atoms with Crippen molar-refractivity contribution in [3.63, 3.8) is 0 Å². The zero-order valence-electron chi connectivity index (χ0n) is 16.6. The maximum atomic E-state index is 13.2. The summed E-state index contributed by atoms with van der Waals surface area (Å²) in [7, 11) is -0.230. The minimum atomic E-state index is -3.62. The highest BCUT2D eigenvalue weighted by molar-refractivity contribution is 7.89. The summed E-state index contributed by atoms with van der Waals surface area (Å²) in [6, 6.07) is 15.1. The second kappa shape index (κ2) is 7.77. The van der Waals surface area contributed by atoms with E-state index < -0.39 is 10.0 Å². The number of aryl methyl sites for hydroxylation is 1. The maximum Gasteiger partial charge on any atom is 0.274 e. The molecule has 2 aromatic carbocycles. The van der Waals surface area contributed by atoms with Gasteiger partial charge in [-0.05, 0) is 17.5 Å². The summed E-state index contributed by atoms with van der Waals surface area (Å²) in [5.41, 5.74) is 1.10. The zero-order chi connectivity index (χ0) is 20.5. The number of amides is 1. The van der Waals surface area contributed by atoms with Gasteiger partial charge in [-0.1, -0.05) is 50.2 Å². The Balaban J connectivity index is 2.00. The molecule has 0 saturated carbocycles. The molecule has 0 saturated heterocycles. The second-order valence-electron chi connectivity index (χ2n) is 6.62. The van der Waals surface area contributed by atoms with E-state index in [9.17, 15) is 13.2 Å². The third-order valence-electron chi connectivity index (χ3n) is 4.97. The molecular formula is C21H25N3O3S. The van der Waals surface area contributed by atoms with E-state index >= 15 is 0 Å². The molecule has 7 heteroatoms. The van der Waals surface area contributed by atoms with Crippen LogP contribution in [0.3, 0.4) is 0 Å². The number of nitrogens with zero attached hydrogens (tertiary/aromatic N) is 3. The number of fused-ring (bicyclic) bond motifs is 1. The van der Waals surface area contributed by atoms with Gasteiger partial charge in [0, 0.05) is 38.8 Å². The molecule has 0 N–H and O–H groups in total. The van der Waals surface area contributed by atoms with Gasteiger partial charge in [0.05, 0.1) is 5.69 Å². The Labute approximate surface area is 166 Å². The Morgan fingerprint density at radius 1 is 1.04 bits per heavy atom. The van der Waals surface area contributed by atoms with Crippen molar-refractivity contribution in [2.24, 2.45) is 7.05 Å². The molecule has 0 aliphatic rings. The van der Waals surface area contributed by atoms with Crippen molar-refractivity contribution in [3.8, 4) is 0 Å². The average molecular weight is 400 g/mol. The average Bonchev–Trinajstić information content (AvgIpc) is 3.09. The Kier molecular flexibility index (Phi) is 5.58. The monoisotopic (exact) mass is 399 g/mol. The molecule has 3 aromatic rings. The van der Waals surface area contributed by atoms with Gasteiger partial charge in [0.1, 0.15) is 10.6 Å². The standard InChI is InChI=1S/C21H25N3O3S/c1-5-24(6-2)28(26,27)17-14-20(22(3)15-17)21(25)23(4)19-13-9-11-16-10-7-8-12-18(16)19/h7-15H,5-6H2,1-4H3. The number of anilines is 1. The molecule has 0 radical (unpaired) electrons. The van der Waals surface area contributed by atoms with Crippen molar-refractivity contribution < 1.29 is 13.2 Å². The summed E-state index contributed by atoms with van der Waals surface area (Å²) in [5, 5.41) is 2.00. The highest BCUT2D eigenvalue weighted by atomic mass is 32.2. The Morgan fingerprint density at radius 3 is 2.36 bits per heavy atom. The van der Waals surface area contributed by atoms with Gasteiger partial charge in [-0.3, -0.25) is 4.79 Å². The predicted octanol–water partition coefficient (Wildman–Crippen LogP) is 3.49. The number of hydrogen-bond acceptors (Lipinski definition) is 3. The van der Waals surface area contributed by atoms with E-state index in [0.29, 0.717) is 18.8 Å². The fourth-order valence-electron chi connectivity index (χ4n) is 3.38. The third-order valence-corrected chi connectivity index (χ3v) is 6.99. The van der Waals surface area contributed by atoms with E-state index in [1.54, 1.807) is 37.4 Å². The van der Waals surface area contributed by atoms with E-state index in [1.165, 1.54) is 16.6 Å². The summed E-state index contributed by atoms with van der Waals surface area (Å²) >= 11 is 0. The SMILES string of the molecule is CCN(CC)S(=O)(=O)c1cc(C(=O)N(C)c2cccc3ccccc23)n(C)c1. The molecule has 0 atom stereocenters. The Hall–Kier alpha value is -2.64. The number of rotatable bonds is 6. The second-order valence-corrected chi connectivity index (χ2v) is 8.56. The van der Waals surface area contributed by atoms with Gasteiger partial charge < -0.3 is 9.47 Å². The van der Waals surface area contributed by atoms with Crippen LogP contribution in [0, 0.1) is 0 Å². The molecule has 28 heavy (non-hydrogen) atoms. The van der Waals surface area contributed by atoms with E-state index in [1.807, 2.05) is 42.5 Å². The predicted molar refractivity (Wildman–Crippen MR) is 112 cm³/mol. The van der Waals surface area contributed by atoms with Gasteiger partial charge in [0.2, 0.25) is 10.0 Å². The van der Waals surface area contributed by atoms with E-state index in [0.717, 1.165) is 16.5 Å². The summed E-state index contributed by atoms with van der Waals surface area (Å²) in [6.07, 6.45) is 1.50. The van der Waals surface area contributed by atoms with Gasteiger partial charge in [0.25, 0.3) is 5.91 Å². The lowest BCUT2D eigenvalue weighted by Gasteiger charge is -2.19. The van der Waals surface area contributed by atoms with E-state index in [4.69, 9.17) is 0 Å². The van der Waals surface area contributed by atoms with Crippen LogP contribution in [0.15, 0.2) is 59.6 Å². The first-order valence-electron chi connectivity index (χ1n) is 9.23. The quantitative estimate of drug-likeness (QED) is 0.637. The summed E-state index contributed by atoms with van der Waals surface area (Å²) in [5.74, 6) is -0.264. The van der Waals surface area contributed by atoms with E-state index in [2.05, 4.69) is 0 Å². The van der Waals surface area contributed by atoms with Crippen LogP contribution < -0.4 is 4.90 Å². The van der Waals surface area contributed by atoms with Gasteiger partial charge in [-0.2, -0.15) is 4.31 Å². The molecule has 3 rings (SSSR count). The van der Waals surface area contributed by atoms with Crippen molar-refractivity contribution in [2.75, 3.05) is 25.0 Å². The van der Waals surface area contributed by atoms with Crippen LogP contribution in [-0.2, 0) is 17.1 Å². The maximum absolute atomic E-state index is 13.2. The number of hydrogen-bond donors (Lipinski definition) is 0. The van der Waals surface area contributed by atoms with Crippen molar-refractivity contribution in [1.82, 2.24) is 8.87 Å². The Morgan fingerprint density at radius 2 is 1.68 bits per heavy atom. The molecule has 0 aliphatic heterocycles. The van der Waals surface area contributed by atoms with Crippen LogP contribution in [0.4, 0.5) is 5.69 Å².